The van der Waals surface area contributed by atoms with Gasteiger partial charge in [0.25, 0.3) is 0 Å². The van der Waals surface area contributed by atoms with Gasteiger partial charge in [0.05, 0.1) is 6.61 Å². The molecule has 2 nitrogen and oxygen atoms in total. The molecule has 0 fully saturated rings. The Bertz CT molecular complexity index is 261. The van der Waals surface area contributed by atoms with Crippen molar-refractivity contribution in [3.05, 3.63) is 29.3 Å². The minimum absolute atomic E-state index is 0. The Kier molecular flexibility index (Phi) is 4.03. The van der Waals surface area contributed by atoms with Crippen LogP contribution in [0, 0.1) is 0 Å². The molecule has 0 bridgehead atoms. The molecular formula is C10H14O2Rf. The van der Waals surface area contributed by atoms with Crippen molar-refractivity contribution in [2.45, 2.75) is 26.4 Å². The summed E-state index contributed by atoms with van der Waals surface area (Å²) in [7, 11) is 0. The van der Waals surface area contributed by atoms with Crippen LogP contribution in [0.3, 0.4) is 0 Å². The molecule has 0 aliphatic heterocycles. The van der Waals surface area contributed by atoms with Crippen molar-refractivity contribution in [1.82, 2.24) is 0 Å². The summed E-state index contributed by atoms with van der Waals surface area (Å²) in [6.07, 6.45) is 2.07. The molecular weight excluding hydrogens is 419 g/mol. The Morgan fingerprint density at radius 2 is 2.00 bits per heavy atom. The van der Waals surface area contributed by atoms with Gasteiger partial charge in [0.2, 0.25) is 0 Å². The van der Waals surface area contributed by atoms with E-state index >= 15 is 0 Å². The van der Waals surface area contributed by atoms with Crippen molar-refractivity contribution in [1.29, 1.82) is 0 Å². The van der Waals surface area contributed by atoms with E-state index in [2.05, 4.69) is 6.92 Å². The van der Waals surface area contributed by atoms with Crippen LogP contribution in [0.2, 0.25) is 0 Å². The molecule has 1 rings (SSSR count). The third-order valence-electron chi connectivity index (χ3n) is 1.85. The molecule has 0 aromatic heterocycles. The number of hydrogen-bond acceptors (Lipinski definition) is 2. The Balaban J connectivity index is 0.00000144. The van der Waals surface area contributed by atoms with E-state index in [0.717, 1.165) is 12.8 Å². The fraction of sp³-hybridized carbons (Fsp3) is 0.400. The zero-order valence-electron chi connectivity index (χ0n) is 7.95. The normalized spacial score (nSPS) is 9.38. The van der Waals surface area contributed by atoms with Gasteiger partial charge in [0.15, 0.2) is 0 Å². The monoisotopic (exact) mass is 433 g/mol. The quantitative estimate of drug-likeness (QED) is 0.764. The third kappa shape index (κ3) is 2.49. The molecule has 1 aromatic rings. The number of aryl methyl sites for hydroxylation is 1. The molecule has 1 aromatic carbocycles. The maximum absolute atomic E-state index is 9.24. The summed E-state index contributed by atoms with van der Waals surface area (Å²) < 4.78 is 0. The summed E-state index contributed by atoms with van der Waals surface area (Å²) in [5, 5.41) is 18.1. The second-order valence-corrected chi connectivity index (χ2v) is 2.87. The van der Waals surface area contributed by atoms with Gasteiger partial charge in [0.1, 0.15) is 5.75 Å². The van der Waals surface area contributed by atoms with Crippen molar-refractivity contribution in [2.75, 3.05) is 0 Å². The van der Waals surface area contributed by atoms with Crippen LogP contribution < -0.4 is 0 Å². The first kappa shape index (κ1) is 11.0. The van der Waals surface area contributed by atoms with Crippen LogP contribution in [0.15, 0.2) is 18.2 Å². The largest absolute Gasteiger partial charge is 0.508 e. The summed E-state index contributed by atoms with van der Waals surface area (Å²) in [6.45, 7) is 2.01. The van der Waals surface area contributed by atoms with Crippen LogP contribution in [-0.2, 0) is 13.0 Å². The van der Waals surface area contributed by atoms with Gasteiger partial charge in [-0.25, -0.2) is 0 Å². The van der Waals surface area contributed by atoms with Gasteiger partial charge in [-0.1, -0.05) is 19.4 Å². The summed E-state index contributed by atoms with van der Waals surface area (Å²) in [6, 6.07) is 5.37. The van der Waals surface area contributed by atoms with E-state index in [4.69, 9.17) is 5.11 Å². The van der Waals surface area contributed by atoms with E-state index in [-0.39, 0.29) is 12.4 Å². The molecule has 0 heterocycles. The molecule has 13 heavy (non-hydrogen) atoms. The Morgan fingerprint density at radius 3 is 2.54 bits per heavy atom. The number of hydrogen-bond donors (Lipinski definition) is 2. The van der Waals surface area contributed by atoms with Crippen LogP contribution in [0.4, 0.5) is 0 Å². The molecule has 0 atom stereocenters. The van der Waals surface area contributed by atoms with Crippen molar-refractivity contribution < 1.29 is 10.2 Å². The molecule has 0 aliphatic carbocycles. The number of aromatic hydroxyl groups is 1. The zero-order chi connectivity index (χ0) is 8.97. The van der Waals surface area contributed by atoms with Gasteiger partial charge < -0.3 is 10.2 Å². The smallest absolute Gasteiger partial charge is 0.121 e. The van der Waals surface area contributed by atoms with Crippen molar-refractivity contribution in [3.63, 3.8) is 0 Å². The maximum Gasteiger partial charge on any atom is 0.121 e. The molecule has 0 amide bonds. The first-order valence-electron chi connectivity index (χ1n) is 4.19. The number of aliphatic hydroxyl groups excluding tert-OH is 1. The molecule has 68 valence electrons. The number of phenols is 1. The SMILES string of the molecule is CCCc1ccc(O)c(CO)c1.[Rf]. The Morgan fingerprint density at radius 1 is 1.31 bits per heavy atom. The molecule has 2 N–H and O–H groups in total. The summed E-state index contributed by atoms with van der Waals surface area (Å²) in [4.78, 5) is 0. The number of aliphatic hydroxyl groups is 1. The fourth-order valence-electron chi connectivity index (χ4n) is 1.21. The zero-order valence-corrected chi connectivity index (χ0v) is 14.4. The van der Waals surface area contributed by atoms with E-state index in [1.807, 2.05) is 12.1 Å². The minimum atomic E-state index is -0.0939. The average molecular weight is 433 g/mol. The summed E-state index contributed by atoms with van der Waals surface area (Å²) in [5.74, 6) is 0.178. The van der Waals surface area contributed by atoms with Crippen LogP contribution >= 0.6 is 0 Å². The topological polar surface area (TPSA) is 40.5 Å². The van der Waals surface area contributed by atoms with E-state index in [1.54, 1.807) is 6.07 Å². The van der Waals surface area contributed by atoms with E-state index in [1.165, 1.54) is 5.56 Å². The molecule has 0 saturated heterocycles. The predicted molar refractivity (Wildman–Crippen MR) is 48.0 cm³/mol. The van der Waals surface area contributed by atoms with E-state index in [0.29, 0.717) is 5.56 Å². The van der Waals surface area contributed by atoms with Crippen molar-refractivity contribution in [3.8, 4) is 5.75 Å². The van der Waals surface area contributed by atoms with Gasteiger partial charge in [-0.3, -0.25) is 0 Å². The average Bonchev–Trinajstić information content (AvgIpc) is 2.09. The second kappa shape index (κ2) is 4.78. The maximum atomic E-state index is 9.24. The van der Waals surface area contributed by atoms with Crippen LogP contribution in [0.5, 0.6) is 5.75 Å². The molecule has 0 radical (unpaired) electrons. The van der Waals surface area contributed by atoms with Gasteiger partial charge >= 0.3 is 0 Å². The van der Waals surface area contributed by atoms with Crippen molar-refractivity contribution in [2.24, 2.45) is 0 Å². The van der Waals surface area contributed by atoms with E-state index in [9.17, 15) is 5.11 Å². The summed E-state index contributed by atoms with van der Waals surface area (Å²) >= 11 is 0. The first-order valence-corrected chi connectivity index (χ1v) is 4.19. The van der Waals surface area contributed by atoms with Gasteiger partial charge in [-0.2, -0.15) is 0 Å². The molecule has 0 aliphatic rings. The molecule has 0 saturated carbocycles. The Labute approximate surface area is 72.5 Å². The van der Waals surface area contributed by atoms with Crippen LogP contribution in [0.1, 0.15) is 24.5 Å². The van der Waals surface area contributed by atoms with Crippen LogP contribution in [-0.4, -0.2) is 10.2 Å². The van der Waals surface area contributed by atoms with Crippen LogP contribution in [0.25, 0.3) is 0 Å². The summed E-state index contributed by atoms with van der Waals surface area (Å²) in [5.41, 5.74) is 1.78. The predicted octanol–water partition coefficient (Wildman–Crippen LogP) is 1.84. The third-order valence-corrected chi connectivity index (χ3v) is 1.85. The molecule has 0 spiro atoms. The minimum Gasteiger partial charge on any atom is -0.508 e. The van der Waals surface area contributed by atoms with Gasteiger partial charge in [-0.05, 0) is 24.1 Å². The second-order valence-electron chi connectivity index (χ2n) is 2.87. The van der Waals surface area contributed by atoms with Gasteiger partial charge in [-0.15, -0.1) is 0 Å². The number of rotatable bonds is 3. The molecule has 0 unspecified atom stereocenters. The number of benzene rings is 1. The van der Waals surface area contributed by atoms with E-state index < -0.39 is 0 Å². The fourth-order valence-corrected chi connectivity index (χ4v) is 1.21. The standard InChI is InChI=1S/C10H14O2.Rf/c1-2-3-8-4-5-10(12)9(6-8)7-11;/h4-6,11-12H,2-3,7H2,1H3;. The first-order chi connectivity index (χ1) is 5.77. The molecule has 3 heteroatoms. The Hall–Kier alpha value is -2.02. The van der Waals surface area contributed by atoms with Gasteiger partial charge in [0, 0.05) is 5.56 Å². The van der Waals surface area contributed by atoms with Crippen molar-refractivity contribution >= 4 is 0 Å².